The van der Waals surface area contributed by atoms with Gasteiger partial charge < -0.3 is 4.74 Å². The molecule has 18 heavy (non-hydrogen) atoms. The summed E-state index contributed by atoms with van der Waals surface area (Å²) in [5.74, 6) is 0.986. The van der Waals surface area contributed by atoms with E-state index in [-0.39, 0.29) is 10.8 Å². The first-order valence-electron chi connectivity index (χ1n) is 6.59. The number of hydrogen-bond acceptors (Lipinski definition) is 1. The quantitative estimate of drug-likeness (QED) is 0.700. The average Bonchev–Trinajstić information content (AvgIpc) is 2.24. The first kappa shape index (κ1) is 13.9. The van der Waals surface area contributed by atoms with Crippen LogP contribution in [0.15, 0.2) is 10.5 Å². The van der Waals surface area contributed by atoms with Gasteiger partial charge in [0.1, 0.15) is 5.75 Å². The van der Waals surface area contributed by atoms with Crippen molar-refractivity contribution in [2.75, 3.05) is 7.11 Å². The molecular weight excluding hydrogens is 288 g/mol. The van der Waals surface area contributed by atoms with Crippen molar-refractivity contribution >= 4 is 15.9 Å². The highest BCUT2D eigenvalue weighted by Crippen LogP contribution is 2.51. The number of fused-ring (bicyclic) bond motifs is 1. The van der Waals surface area contributed by atoms with Crippen LogP contribution in [-0.2, 0) is 10.8 Å². The minimum atomic E-state index is 0.213. The van der Waals surface area contributed by atoms with Gasteiger partial charge in [0.25, 0.3) is 0 Å². The molecule has 1 aromatic carbocycles. The fourth-order valence-electron chi connectivity index (χ4n) is 3.09. The number of halogens is 1. The number of rotatable bonds is 1. The van der Waals surface area contributed by atoms with E-state index in [2.05, 4.69) is 56.6 Å². The fourth-order valence-corrected chi connectivity index (χ4v) is 4.31. The van der Waals surface area contributed by atoms with Gasteiger partial charge in [-0.1, -0.05) is 33.8 Å². The Balaban J connectivity index is 2.80. The van der Waals surface area contributed by atoms with Crippen molar-refractivity contribution in [3.63, 3.8) is 0 Å². The van der Waals surface area contributed by atoms with Gasteiger partial charge in [-0.3, -0.25) is 0 Å². The summed E-state index contributed by atoms with van der Waals surface area (Å²) in [4.78, 5) is 0. The second-order valence-electron chi connectivity index (χ2n) is 6.73. The molecule has 0 radical (unpaired) electrons. The summed E-state index contributed by atoms with van der Waals surface area (Å²) in [5, 5.41) is 0. The summed E-state index contributed by atoms with van der Waals surface area (Å²) >= 11 is 3.78. The average molecular weight is 311 g/mol. The summed E-state index contributed by atoms with van der Waals surface area (Å²) in [6.45, 7) is 11.5. The van der Waals surface area contributed by atoms with Crippen molar-refractivity contribution in [2.24, 2.45) is 0 Å². The molecule has 2 rings (SSSR count). The Kier molecular flexibility index (Phi) is 3.30. The highest BCUT2D eigenvalue weighted by molar-refractivity contribution is 9.10. The number of aryl methyl sites for hydroxylation is 1. The second kappa shape index (κ2) is 4.26. The Labute approximate surface area is 119 Å². The molecule has 0 N–H and O–H groups in total. The molecule has 0 aromatic heterocycles. The Morgan fingerprint density at radius 1 is 1.11 bits per heavy atom. The van der Waals surface area contributed by atoms with E-state index in [1.165, 1.54) is 29.5 Å². The van der Waals surface area contributed by atoms with Gasteiger partial charge in [-0.05, 0) is 63.2 Å². The Morgan fingerprint density at radius 3 is 2.22 bits per heavy atom. The number of hydrogen-bond donors (Lipinski definition) is 0. The van der Waals surface area contributed by atoms with Crippen molar-refractivity contribution in [3.8, 4) is 5.75 Å². The molecule has 1 nitrogen and oxygen atoms in total. The van der Waals surface area contributed by atoms with Gasteiger partial charge >= 0.3 is 0 Å². The summed E-state index contributed by atoms with van der Waals surface area (Å²) < 4.78 is 6.71. The number of benzene rings is 1. The van der Waals surface area contributed by atoms with Crippen LogP contribution in [-0.4, -0.2) is 7.11 Å². The van der Waals surface area contributed by atoms with Crippen LogP contribution < -0.4 is 4.74 Å². The van der Waals surface area contributed by atoms with E-state index in [1.807, 2.05) is 0 Å². The van der Waals surface area contributed by atoms with Gasteiger partial charge in [0.05, 0.1) is 11.6 Å². The normalized spacial score (nSPS) is 20.4. The predicted molar refractivity (Wildman–Crippen MR) is 80.7 cm³/mol. The zero-order chi connectivity index (χ0) is 13.7. The zero-order valence-corrected chi connectivity index (χ0v) is 13.9. The third kappa shape index (κ3) is 1.99. The molecule has 0 aliphatic heterocycles. The summed E-state index contributed by atoms with van der Waals surface area (Å²) in [7, 11) is 1.75. The molecule has 100 valence electrons. The van der Waals surface area contributed by atoms with Crippen LogP contribution in [0.2, 0.25) is 0 Å². The van der Waals surface area contributed by atoms with E-state index >= 15 is 0 Å². The smallest absolute Gasteiger partial charge is 0.136 e. The molecule has 0 saturated carbocycles. The van der Waals surface area contributed by atoms with E-state index in [4.69, 9.17) is 4.74 Å². The number of ether oxygens (including phenoxy) is 1. The van der Waals surface area contributed by atoms with Gasteiger partial charge in [0, 0.05) is 0 Å². The molecule has 2 heteroatoms. The first-order chi connectivity index (χ1) is 8.20. The van der Waals surface area contributed by atoms with Crippen LogP contribution in [0.4, 0.5) is 0 Å². The molecule has 0 unspecified atom stereocenters. The molecule has 0 spiro atoms. The van der Waals surface area contributed by atoms with Crippen LogP contribution in [0, 0.1) is 6.92 Å². The van der Waals surface area contributed by atoms with Crippen molar-refractivity contribution in [1.29, 1.82) is 0 Å². The van der Waals surface area contributed by atoms with Crippen LogP contribution in [0.5, 0.6) is 5.75 Å². The predicted octanol–water partition coefficient (Wildman–Crippen LogP) is 5.12. The molecule has 0 heterocycles. The first-order valence-corrected chi connectivity index (χ1v) is 7.38. The molecule has 1 aliphatic rings. The lowest BCUT2D eigenvalue weighted by atomic mass is 9.63. The highest BCUT2D eigenvalue weighted by Gasteiger charge is 2.39. The molecule has 1 aliphatic carbocycles. The molecule has 0 amide bonds. The second-order valence-corrected chi connectivity index (χ2v) is 7.52. The topological polar surface area (TPSA) is 9.23 Å². The van der Waals surface area contributed by atoms with Crippen LogP contribution >= 0.6 is 15.9 Å². The van der Waals surface area contributed by atoms with Crippen LogP contribution in [0.25, 0.3) is 0 Å². The molecule has 0 saturated heterocycles. The van der Waals surface area contributed by atoms with Gasteiger partial charge in [0.15, 0.2) is 0 Å². The zero-order valence-electron chi connectivity index (χ0n) is 12.3. The largest absolute Gasteiger partial charge is 0.495 e. The summed E-state index contributed by atoms with van der Waals surface area (Å²) in [6.07, 6.45) is 2.46. The fraction of sp³-hybridized carbons (Fsp3) is 0.625. The monoisotopic (exact) mass is 310 g/mol. The molecule has 1 aromatic rings. The lowest BCUT2D eigenvalue weighted by Gasteiger charge is -2.43. The lowest BCUT2D eigenvalue weighted by Crippen LogP contribution is -2.34. The molecule has 0 bridgehead atoms. The minimum Gasteiger partial charge on any atom is -0.495 e. The van der Waals surface area contributed by atoms with Crippen molar-refractivity contribution < 1.29 is 4.74 Å². The standard InChI is InChI=1S/C16H23BrO/c1-10-9-11-12(13(17)14(10)18-6)16(4,5)8-7-15(11,2)3/h9H,7-8H2,1-6H3. The Morgan fingerprint density at radius 2 is 1.67 bits per heavy atom. The molecule has 0 atom stereocenters. The van der Waals surface area contributed by atoms with Gasteiger partial charge in [-0.25, -0.2) is 0 Å². The third-order valence-corrected chi connectivity index (χ3v) is 5.15. The summed E-state index contributed by atoms with van der Waals surface area (Å²) in [5.41, 5.74) is 4.59. The third-order valence-electron chi connectivity index (χ3n) is 4.39. The molecule has 0 fully saturated rings. The Bertz CT molecular complexity index is 486. The van der Waals surface area contributed by atoms with Crippen molar-refractivity contribution in [3.05, 3.63) is 27.2 Å². The van der Waals surface area contributed by atoms with Crippen LogP contribution in [0.3, 0.4) is 0 Å². The lowest BCUT2D eigenvalue weighted by molar-refractivity contribution is 0.326. The van der Waals surface area contributed by atoms with Crippen molar-refractivity contribution in [2.45, 2.75) is 58.3 Å². The van der Waals surface area contributed by atoms with Gasteiger partial charge in [-0.2, -0.15) is 0 Å². The van der Waals surface area contributed by atoms with E-state index in [1.54, 1.807) is 7.11 Å². The summed E-state index contributed by atoms with van der Waals surface area (Å²) in [6, 6.07) is 2.32. The van der Waals surface area contributed by atoms with E-state index in [0.29, 0.717) is 0 Å². The maximum atomic E-state index is 5.56. The van der Waals surface area contributed by atoms with E-state index < -0.39 is 0 Å². The molecular formula is C16H23BrO. The van der Waals surface area contributed by atoms with Gasteiger partial charge in [-0.15, -0.1) is 0 Å². The highest BCUT2D eigenvalue weighted by atomic mass is 79.9. The van der Waals surface area contributed by atoms with E-state index in [0.717, 1.165) is 10.2 Å². The Hall–Kier alpha value is -0.500. The SMILES string of the molecule is COc1c(C)cc2c(c1Br)C(C)(C)CCC2(C)C. The minimum absolute atomic E-state index is 0.213. The van der Waals surface area contributed by atoms with Gasteiger partial charge in [0.2, 0.25) is 0 Å². The number of methoxy groups -OCH3 is 1. The van der Waals surface area contributed by atoms with E-state index in [9.17, 15) is 0 Å². The maximum absolute atomic E-state index is 5.56. The van der Waals surface area contributed by atoms with Crippen molar-refractivity contribution in [1.82, 2.24) is 0 Å². The van der Waals surface area contributed by atoms with Crippen LogP contribution in [0.1, 0.15) is 57.2 Å². The maximum Gasteiger partial charge on any atom is 0.136 e.